The van der Waals surface area contributed by atoms with E-state index < -0.39 is 42.6 Å². The third kappa shape index (κ3) is 15.2. The molecule has 1 rings (SSSR count). The van der Waals surface area contributed by atoms with Gasteiger partial charge in [0, 0.05) is 46.3 Å². The molecule has 0 aliphatic heterocycles. The van der Waals surface area contributed by atoms with Crippen LogP contribution in [-0.2, 0) is 32.2 Å². The molecule has 0 aliphatic carbocycles. The van der Waals surface area contributed by atoms with Crippen molar-refractivity contribution >= 4 is 42.6 Å². The molecule has 0 aliphatic rings. The van der Waals surface area contributed by atoms with E-state index in [0.29, 0.717) is 0 Å². The van der Waals surface area contributed by atoms with Crippen LogP contribution in [0.25, 0.3) is 0 Å². The van der Waals surface area contributed by atoms with Crippen molar-refractivity contribution in [3.8, 4) is 0 Å². The number of methoxy groups -OCH3 is 1. The number of nitrogens with zero attached hydrogens (tertiary/aromatic N) is 2. The quantitative estimate of drug-likeness (QED) is 0.146. The first-order chi connectivity index (χ1) is 15.5. The number of imidazole rings is 1. The smallest absolute Gasteiger partial charge is 0.437 e. The van der Waals surface area contributed by atoms with Crippen molar-refractivity contribution < 1.29 is 25.6 Å². The summed E-state index contributed by atoms with van der Waals surface area (Å²) in [5.41, 5.74) is 0. The second-order valence-electron chi connectivity index (χ2n) is 11.3. The molecule has 208 valence electrons. The van der Waals surface area contributed by atoms with E-state index in [1.807, 2.05) is 25.3 Å². The fourth-order valence-corrected chi connectivity index (χ4v) is 26.1. The van der Waals surface area contributed by atoms with Crippen LogP contribution >= 0.6 is 0 Å². The van der Waals surface area contributed by atoms with E-state index in [4.69, 9.17) is 25.6 Å². The highest BCUT2D eigenvalue weighted by atomic mass is 28.5. The largest absolute Gasteiger partial charge is 0.478 e. The molecule has 3 atom stereocenters. The number of unbranched alkanes of at least 4 members (excludes halogenated alkanes) is 1. The molecule has 35 heavy (non-hydrogen) atoms. The highest BCUT2D eigenvalue weighted by Crippen LogP contribution is 2.32. The lowest BCUT2D eigenvalue weighted by Crippen LogP contribution is -2.61. The van der Waals surface area contributed by atoms with Crippen LogP contribution in [0.15, 0.2) is 18.7 Å². The molecule has 3 unspecified atom stereocenters. The SMILES string of the molecule is C.COCCCC[Si](C)(O[Si](C)(C)C)O[Si](C)(CCCn1ccnc1)O[Si](C)(OC)O[Si](C)(C)C. The molecule has 0 amide bonds. The molecule has 0 aromatic carbocycles. The van der Waals surface area contributed by atoms with Crippen LogP contribution in [0.2, 0.25) is 71.0 Å². The number of hydrogen-bond acceptors (Lipinski definition) is 7. The van der Waals surface area contributed by atoms with Gasteiger partial charge in [0.05, 0.1) is 6.33 Å². The summed E-state index contributed by atoms with van der Waals surface area (Å²) < 4.78 is 40.6. The first-order valence-corrected chi connectivity index (χ1v) is 26.4. The molecule has 13 heteroatoms. The Balaban J connectivity index is 0.0000116. The minimum Gasteiger partial charge on any atom is -0.437 e. The molecule has 0 spiro atoms. The van der Waals surface area contributed by atoms with E-state index >= 15 is 0 Å². The lowest BCUT2D eigenvalue weighted by Gasteiger charge is -2.44. The molecule has 0 saturated heterocycles. The van der Waals surface area contributed by atoms with E-state index in [2.05, 4.69) is 61.9 Å². The second kappa shape index (κ2) is 14.9. The van der Waals surface area contributed by atoms with E-state index in [1.165, 1.54) is 0 Å². The van der Waals surface area contributed by atoms with Gasteiger partial charge < -0.3 is 30.2 Å². The first-order valence-electron chi connectivity index (χ1n) is 12.3. The highest BCUT2D eigenvalue weighted by Gasteiger charge is 2.51. The van der Waals surface area contributed by atoms with E-state index in [0.717, 1.165) is 44.5 Å². The molecule has 0 fully saturated rings. The number of rotatable bonds is 18. The van der Waals surface area contributed by atoms with E-state index in [9.17, 15) is 0 Å². The maximum Gasteiger partial charge on any atom is 0.478 e. The number of hydrogen-bond donors (Lipinski definition) is 0. The average molecular weight is 583 g/mol. The fraction of sp³-hybridized carbons (Fsp3) is 0.864. The van der Waals surface area contributed by atoms with Gasteiger partial charge in [-0.05, 0) is 83.7 Å². The van der Waals surface area contributed by atoms with Crippen LogP contribution in [0.4, 0.5) is 0 Å². The second-order valence-corrected chi connectivity index (χ2v) is 30.7. The molecule has 1 heterocycles. The number of ether oxygens (including phenoxy) is 1. The van der Waals surface area contributed by atoms with Crippen LogP contribution in [-0.4, -0.2) is 72.9 Å². The van der Waals surface area contributed by atoms with Crippen molar-refractivity contribution in [1.82, 2.24) is 9.55 Å². The summed E-state index contributed by atoms with van der Waals surface area (Å²) in [6.07, 6.45) is 8.61. The number of aromatic nitrogens is 2. The third-order valence-electron chi connectivity index (χ3n) is 5.05. The lowest BCUT2D eigenvalue weighted by atomic mass is 10.4. The predicted octanol–water partition coefficient (Wildman–Crippen LogP) is 6.43. The molecule has 0 N–H and O–H groups in total. The van der Waals surface area contributed by atoms with Gasteiger partial charge in [0.1, 0.15) is 0 Å². The molecule has 0 saturated carbocycles. The van der Waals surface area contributed by atoms with Crippen molar-refractivity contribution in [3.05, 3.63) is 18.7 Å². The minimum absolute atomic E-state index is 0. The van der Waals surface area contributed by atoms with Gasteiger partial charge in [0.25, 0.3) is 0 Å². The summed E-state index contributed by atoms with van der Waals surface area (Å²) >= 11 is 0. The van der Waals surface area contributed by atoms with Gasteiger partial charge in [0.2, 0.25) is 0 Å². The van der Waals surface area contributed by atoms with Crippen LogP contribution in [0, 0.1) is 0 Å². The topological polar surface area (TPSA) is 73.2 Å². The van der Waals surface area contributed by atoms with Crippen molar-refractivity contribution in [3.63, 3.8) is 0 Å². The molecule has 0 bridgehead atoms. The van der Waals surface area contributed by atoms with Crippen LogP contribution in [0.3, 0.4) is 0 Å². The Morgan fingerprint density at radius 2 is 1.29 bits per heavy atom. The van der Waals surface area contributed by atoms with Gasteiger partial charge in [0.15, 0.2) is 16.6 Å². The minimum atomic E-state index is -2.88. The average Bonchev–Trinajstić information content (AvgIpc) is 3.15. The zero-order chi connectivity index (χ0) is 26.1. The normalized spacial score (nSPS) is 17.8. The summed E-state index contributed by atoms with van der Waals surface area (Å²) in [6.45, 7) is 21.2. The van der Waals surface area contributed by atoms with Gasteiger partial charge in [-0.25, -0.2) is 4.98 Å². The van der Waals surface area contributed by atoms with Gasteiger partial charge in [-0.2, -0.15) is 0 Å². The van der Waals surface area contributed by atoms with Crippen LogP contribution in [0.5, 0.6) is 0 Å². The molecule has 1 aromatic rings. The molecule has 0 radical (unpaired) electrons. The Morgan fingerprint density at radius 1 is 0.714 bits per heavy atom. The van der Waals surface area contributed by atoms with E-state index in [-0.39, 0.29) is 7.43 Å². The molecular formula is C22H54N2O6Si5. The zero-order valence-electron chi connectivity index (χ0n) is 23.5. The lowest BCUT2D eigenvalue weighted by molar-refractivity contribution is 0.182. The standard InChI is InChI=1S/C21H50N2O6Si5.CH4/c1-24-18-12-13-19-32(9,26-30(3,4)5)28-33(10,20-14-16-23-17-15-22-21-23)29-34(11,25-2)27-31(6,7)8;/h15,17,21H,12-14,16,18-20H2,1-11H3;1H4. The van der Waals surface area contributed by atoms with Crippen LogP contribution < -0.4 is 0 Å². The Hall–Kier alpha value is 0.0544. The maximum atomic E-state index is 7.11. The van der Waals surface area contributed by atoms with Crippen molar-refractivity contribution in [2.24, 2.45) is 0 Å². The predicted molar refractivity (Wildman–Crippen MR) is 157 cm³/mol. The fourth-order valence-electron chi connectivity index (χ4n) is 4.10. The van der Waals surface area contributed by atoms with Gasteiger partial charge in [-0.15, -0.1) is 0 Å². The molecule has 1 aromatic heterocycles. The van der Waals surface area contributed by atoms with Gasteiger partial charge >= 0.3 is 25.9 Å². The Labute approximate surface area is 221 Å². The van der Waals surface area contributed by atoms with E-state index in [1.54, 1.807) is 14.2 Å². The highest BCUT2D eigenvalue weighted by molar-refractivity contribution is 6.90. The summed E-state index contributed by atoms with van der Waals surface area (Å²) in [6, 6.07) is 1.76. The Morgan fingerprint density at radius 3 is 1.77 bits per heavy atom. The molecule has 8 nitrogen and oxygen atoms in total. The monoisotopic (exact) mass is 582 g/mol. The number of aryl methyl sites for hydroxylation is 1. The Kier molecular flexibility index (Phi) is 14.9. The van der Waals surface area contributed by atoms with Gasteiger partial charge in [-0.1, -0.05) is 7.43 Å². The van der Waals surface area contributed by atoms with Crippen LogP contribution in [0.1, 0.15) is 26.7 Å². The summed E-state index contributed by atoms with van der Waals surface area (Å²) in [5.74, 6) is 0. The Bertz CT molecular complexity index is 703. The first kappa shape index (κ1) is 35.1. The van der Waals surface area contributed by atoms with Crippen molar-refractivity contribution in [2.75, 3.05) is 20.8 Å². The zero-order valence-corrected chi connectivity index (χ0v) is 28.5. The summed E-state index contributed by atoms with van der Waals surface area (Å²) in [5, 5.41) is 0. The maximum absolute atomic E-state index is 7.11. The molecular weight excluding hydrogens is 529 g/mol. The van der Waals surface area contributed by atoms with Gasteiger partial charge in [-0.3, -0.25) is 0 Å². The van der Waals surface area contributed by atoms with Crippen molar-refractivity contribution in [1.29, 1.82) is 0 Å². The van der Waals surface area contributed by atoms with Crippen molar-refractivity contribution in [2.45, 2.75) is 104 Å². The summed E-state index contributed by atoms with van der Waals surface area (Å²) in [7, 11) is -8.35. The summed E-state index contributed by atoms with van der Waals surface area (Å²) in [4.78, 5) is 4.16. The third-order valence-corrected chi connectivity index (χ3v) is 23.1.